The van der Waals surface area contributed by atoms with Gasteiger partial charge in [0.1, 0.15) is 0 Å². The first kappa shape index (κ1) is 21.1. The molecule has 2 aromatic rings. The molecule has 0 saturated carbocycles. The number of hydrogen-bond donors (Lipinski definition) is 1. The summed E-state index contributed by atoms with van der Waals surface area (Å²) in [6, 6.07) is 16.3. The number of sulfonamides is 1. The molecule has 146 valence electrons. The van der Waals surface area contributed by atoms with Crippen molar-refractivity contribution in [2.45, 2.75) is 32.1 Å². The molecule has 0 heterocycles. The van der Waals surface area contributed by atoms with Crippen molar-refractivity contribution in [3.63, 3.8) is 0 Å². The summed E-state index contributed by atoms with van der Waals surface area (Å²) in [5.74, 6) is 0.111. The predicted octanol–water partition coefficient (Wildman–Crippen LogP) is 3.33. The molecule has 27 heavy (non-hydrogen) atoms. The number of carbonyl (C=O) groups is 1. The smallest absolute Gasteiger partial charge is 0.251 e. The lowest BCUT2D eigenvalue weighted by Gasteiger charge is -2.18. The van der Waals surface area contributed by atoms with Crippen molar-refractivity contribution in [2.24, 2.45) is 5.92 Å². The number of hydrogen-bond acceptors (Lipinski definition) is 3. The predicted molar refractivity (Wildman–Crippen MR) is 108 cm³/mol. The van der Waals surface area contributed by atoms with E-state index < -0.39 is 10.0 Å². The molecular weight excluding hydrogens is 360 g/mol. The SMILES string of the molecule is CCN(CC)S(=O)(=O)c1ccc(C(=O)NCC(C)Cc2ccccc2)cc1. The van der Waals surface area contributed by atoms with Gasteiger partial charge in [0.25, 0.3) is 5.91 Å². The molecule has 0 aliphatic rings. The maximum atomic E-state index is 12.5. The normalized spacial score (nSPS) is 12.7. The lowest BCUT2D eigenvalue weighted by molar-refractivity contribution is 0.0948. The van der Waals surface area contributed by atoms with Gasteiger partial charge in [-0.15, -0.1) is 0 Å². The molecule has 0 aromatic heterocycles. The van der Waals surface area contributed by atoms with E-state index in [2.05, 4.69) is 24.4 Å². The Balaban J connectivity index is 1.95. The summed E-state index contributed by atoms with van der Waals surface area (Å²) in [6.07, 6.45) is 0.891. The van der Waals surface area contributed by atoms with Gasteiger partial charge in [-0.1, -0.05) is 51.1 Å². The van der Waals surface area contributed by atoms with Crippen LogP contribution in [0.25, 0.3) is 0 Å². The molecule has 1 amide bonds. The van der Waals surface area contributed by atoms with Crippen molar-refractivity contribution in [3.8, 4) is 0 Å². The molecule has 0 fully saturated rings. The number of benzene rings is 2. The van der Waals surface area contributed by atoms with Crippen LogP contribution in [0.15, 0.2) is 59.5 Å². The Bertz CT molecular complexity index is 829. The number of rotatable bonds is 9. The van der Waals surface area contributed by atoms with Crippen LogP contribution in [0.2, 0.25) is 0 Å². The summed E-state index contributed by atoms with van der Waals surface area (Å²) in [6.45, 7) is 7.10. The van der Waals surface area contributed by atoms with Crippen molar-refractivity contribution in [2.75, 3.05) is 19.6 Å². The first-order valence-corrected chi connectivity index (χ1v) is 10.7. The molecule has 0 aliphatic heterocycles. The highest BCUT2D eigenvalue weighted by molar-refractivity contribution is 7.89. The second-order valence-corrected chi connectivity index (χ2v) is 8.56. The largest absolute Gasteiger partial charge is 0.352 e. The summed E-state index contributed by atoms with van der Waals surface area (Å²) in [4.78, 5) is 12.5. The Labute approximate surface area is 162 Å². The second kappa shape index (κ2) is 9.67. The average molecular weight is 389 g/mol. The van der Waals surface area contributed by atoms with Gasteiger partial charge in [-0.25, -0.2) is 8.42 Å². The van der Waals surface area contributed by atoms with Gasteiger partial charge in [-0.05, 0) is 42.2 Å². The topological polar surface area (TPSA) is 66.5 Å². The molecule has 0 bridgehead atoms. The molecule has 2 rings (SSSR count). The van der Waals surface area contributed by atoms with Crippen LogP contribution in [0, 0.1) is 5.92 Å². The summed E-state index contributed by atoms with van der Waals surface area (Å²) in [7, 11) is -3.50. The van der Waals surface area contributed by atoms with Gasteiger partial charge in [0.2, 0.25) is 10.0 Å². The highest BCUT2D eigenvalue weighted by atomic mass is 32.2. The van der Waals surface area contributed by atoms with Gasteiger partial charge in [-0.2, -0.15) is 4.31 Å². The van der Waals surface area contributed by atoms with E-state index in [1.165, 1.54) is 22.0 Å². The third-order valence-electron chi connectivity index (χ3n) is 4.50. The first-order chi connectivity index (χ1) is 12.9. The van der Waals surface area contributed by atoms with E-state index >= 15 is 0 Å². The Kier molecular flexibility index (Phi) is 7.56. The van der Waals surface area contributed by atoms with Crippen LogP contribution < -0.4 is 5.32 Å². The van der Waals surface area contributed by atoms with Gasteiger partial charge in [0.05, 0.1) is 4.90 Å². The minimum Gasteiger partial charge on any atom is -0.352 e. The van der Waals surface area contributed by atoms with E-state index in [-0.39, 0.29) is 10.8 Å². The van der Waals surface area contributed by atoms with E-state index in [1.54, 1.807) is 26.0 Å². The van der Waals surface area contributed by atoms with Crippen LogP contribution in [-0.2, 0) is 16.4 Å². The first-order valence-electron chi connectivity index (χ1n) is 9.30. The molecule has 0 spiro atoms. The Morgan fingerprint density at radius 3 is 2.15 bits per heavy atom. The van der Waals surface area contributed by atoms with Gasteiger partial charge >= 0.3 is 0 Å². The van der Waals surface area contributed by atoms with Crippen molar-refractivity contribution < 1.29 is 13.2 Å². The molecule has 5 nitrogen and oxygen atoms in total. The Morgan fingerprint density at radius 1 is 1.00 bits per heavy atom. The number of nitrogens with one attached hydrogen (secondary N) is 1. The third kappa shape index (κ3) is 5.65. The molecule has 0 aliphatic carbocycles. The molecule has 1 atom stereocenters. The van der Waals surface area contributed by atoms with Crippen LogP contribution in [0.3, 0.4) is 0 Å². The molecular formula is C21H28N2O3S. The van der Waals surface area contributed by atoms with Crippen molar-refractivity contribution in [1.29, 1.82) is 0 Å². The van der Waals surface area contributed by atoms with Gasteiger partial charge in [0, 0.05) is 25.2 Å². The molecule has 0 radical (unpaired) electrons. The van der Waals surface area contributed by atoms with Crippen molar-refractivity contribution >= 4 is 15.9 Å². The fraction of sp³-hybridized carbons (Fsp3) is 0.381. The summed E-state index contributed by atoms with van der Waals surface area (Å²) in [5.41, 5.74) is 1.70. The average Bonchev–Trinajstić information content (AvgIpc) is 2.67. The lowest BCUT2D eigenvalue weighted by atomic mass is 10.0. The van der Waals surface area contributed by atoms with E-state index in [0.29, 0.717) is 31.1 Å². The highest BCUT2D eigenvalue weighted by Crippen LogP contribution is 2.16. The Morgan fingerprint density at radius 2 is 1.59 bits per heavy atom. The number of nitrogens with zero attached hydrogens (tertiary/aromatic N) is 1. The summed E-state index contributed by atoms with van der Waals surface area (Å²) in [5, 5.41) is 2.92. The maximum Gasteiger partial charge on any atom is 0.251 e. The molecule has 1 N–H and O–H groups in total. The van der Waals surface area contributed by atoms with Gasteiger partial charge < -0.3 is 5.32 Å². The maximum absolute atomic E-state index is 12.5. The lowest BCUT2D eigenvalue weighted by Crippen LogP contribution is -2.31. The zero-order chi connectivity index (χ0) is 19.9. The number of carbonyl (C=O) groups excluding carboxylic acids is 1. The van der Waals surface area contributed by atoms with Crippen LogP contribution in [0.1, 0.15) is 36.7 Å². The molecule has 6 heteroatoms. The van der Waals surface area contributed by atoms with E-state index in [9.17, 15) is 13.2 Å². The van der Waals surface area contributed by atoms with E-state index in [4.69, 9.17) is 0 Å². The number of amides is 1. The minimum absolute atomic E-state index is 0.193. The fourth-order valence-electron chi connectivity index (χ4n) is 2.95. The van der Waals surface area contributed by atoms with Crippen LogP contribution >= 0.6 is 0 Å². The van der Waals surface area contributed by atoms with Gasteiger partial charge in [-0.3, -0.25) is 4.79 Å². The van der Waals surface area contributed by atoms with Crippen molar-refractivity contribution in [3.05, 3.63) is 65.7 Å². The van der Waals surface area contributed by atoms with Gasteiger partial charge in [0.15, 0.2) is 0 Å². The molecule has 1 unspecified atom stereocenters. The van der Waals surface area contributed by atoms with E-state index in [0.717, 1.165) is 6.42 Å². The van der Waals surface area contributed by atoms with E-state index in [1.807, 2.05) is 18.2 Å². The minimum atomic E-state index is -3.50. The molecule has 0 saturated heterocycles. The zero-order valence-corrected chi connectivity index (χ0v) is 17.0. The highest BCUT2D eigenvalue weighted by Gasteiger charge is 2.21. The molecule has 2 aromatic carbocycles. The quantitative estimate of drug-likeness (QED) is 0.717. The second-order valence-electron chi connectivity index (χ2n) is 6.62. The third-order valence-corrected chi connectivity index (χ3v) is 6.56. The summed E-state index contributed by atoms with van der Waals surface area (Å²) >= 11 is 0. The van der Waals surface area contributed by atoms with Crippen LogP contribution in [-0.4, -0.2) is 38.3 Å². The monoisotopic (exact) mass is 388 g/mol. The van der Waals surface area contributed by atoms with Crippen molar-refractivity contribution in [1.82, 2.24) is 9.62 Å². The standard InChI is InChI=1S/C21H28N2O3S/c1-4-23(5-2)27(25,26)20-13-11-19(12-14-20)21(24)22-16-17(3)15-18-9-7-6-8-10-18/h6-14,17H,4-5,15-16H2,1-3H3,(H,22,24). The van der Waals surface area contributed by atoms with Crippen LogP contribution in [0.5, 0.6) is 0 Å². The fourth-order valence-corrected chi connectivity index (χ4v) is 4.41. The summed E-state index contributed by atoms with van der Waals surface area (Å²) < 4.78 is 26.4. The zero-order valence-electron chi connectivity index (χ0n) is 16.2. The Hall–Kier alpha value is -2.18. The van der Waals surface area contributed by atoms with Crippen LogP contribution in [0.4, 0.5) is 0 Å².